The van der Waals surface area contributed by atoms with E-state index >= 15 is 0 Å². The van der Waals surface area contributed by atoms with Crippen molar-refractivity contribution in [3.05, 3.63) is 73.9 Å². The van der Waals surface area contributed by atoms with Gasteiger partial charge in [-0.25, -0.2) is 4.79 Å². The minimum Gasteiger partial charge on any atom is -0.465 e. The number of ether oxygens (including phenoxy) is 3. The lowest BCUT2D eigenvalue weighted by Gasteiger charge is -2.05. The maximum absolute atomic E-state index is 10.9. The molecule has 2 rings (SSSR count). The standard InChI is InChI=1S/C19H18O4/c1-3-5-10-21-17-8-6-16-14-18(9-7-15(16)13-17)22-11-12-23-19(20)4-2/h4-14H,2-3H2,1H3/b10-5-,12-11-. The van der Waals surface area contributed by atoms with E-state index in [0.29, 0.717) is 5.75 Å². The van der Waals surface area contributed by atoms with Crippen LogP contribution in [-0.4, -0.2) is 5.97 Å². The Balaban J connectivity index is 2.04. The highest BCUT2D eigenvalue weighted by molar-refractivity contribution is 5.85. The van der Waals surface area contributed by atoms with E-state index in [1.807, 2.05) is 42.5 Å². The minimum absolute atomic E-state index is 0.534. The molecule has 0 heterocycles. The summed E-state index contributed by atoms with van der Waals surface area (Å²) in [6.07, 6.45) is 8.13. The average Bonchev–Trinajstić information content (AvgIpc) is 2.58. The highest BCUT2D eigenvalue weighted by Gasteiger charge is 1.99. The van der Waals surface area contributed by atoms with Crippen LogP contribution in [0.3, 0.4) is 0 Å². The van der Waals surface area contributed by atoms with E-state index in [-0.39, 0.29) is 0 Å². The van der Waals surface area contributed by atoms with Crippen LogP contribution in [0.5, 0.6) is 11.5 Å². The van der Waals surface area contributed by atoms with Gasteiger partial charge in [0.15, 0.2) is 0 Å². The topological polar surface area (TPSA) is 44.8 Å². The number of carbonyl (C=O) groups excluding carboxylic acids is 1. The molecule has 0 saturated heterocycles. The second-order valence-corrected chi connectivity index (χ2v) is 4.60. The Morgan fingerprint density at radius 2 is 1.61 bits per heavy atom. The molecule has 0 aliphatic rings. The predicted molar refractivity (Wildman–Crippen MR) is 90.1 cm³/mol. The summed E-state index contributed by atoms with van der Waals surface area (Å²) in [5.41, 5.74) is 0. The molecule has 0 unspecified atom stereocenters. The van der Waals surface area contributed by atoms with Crippen LogP contribution in [0.2, 0.25) is 0 Å². The van der Waals surface area contributed by atoms with Gasteiger partial charge in [-0.2, -0.15) is 0 Å². The van der Waals surface area contributed by atoms with Crippen molar-refractivity contribution in [3.8, 4) is 11.5 Å². The lowest BCUT2D eigenvalue weighted by molar-refractivity contribution is -0.132. The van der Waals surface area contributed by atoms with Crippen LogP contribution >= 0.6 is 0 Å². The molecule has 118 valence electrons. The first-order valence-electron chi connectivity index (χ1n) is 7.23. The molecule has 0 aliphatic heterocycles. The molecule has 0 amide bonds. The number of carbonyl (C=O) groups is 1. The Labute approximate surface area is 135 Å². The van der Waals surface area contributed by atoms with E-state index in [1.54, 1.807) is 6.26 Å². The largest absolute Gasteiger partial charge is 0.465 e. The van der Waals surface area contributed by atoms with Crippen LogP contribution in [0, 0.1) is 0 Å². The molecule has 0 fully saturated rings. The summed E-state index contributed by atoms with van der Waals surface area (Å²) in [4.78, 5) is 10.9. The Morgan fingerprint density at radius 3 is 2.17 bits per heavy atom. The molecule has 0 spiro atoms. The van der Waals surface area contributed by atoms with Crippen LogP contribution in [-0.2, 0) is 9.53 Å². The highest BCUT2D eigenvalue weighted by atomic mass is 16.5. The third-order valence-electron chi connectivity index (χ3n) is 2.93. The average molecular weight is 310 g/mol. The van der Waals surface area contributed by atoms with Crippen LogP contribution in [0.25, 0.3) is 10.8 Å². The maximum Gasteiger partial charge on any atom is 0.335 e. The molecule has 23 heavy (non-hydrogen) atoms. The Kier molecular flexibility index (Phi) is 6.00. The Hall–Kier alpha value is -3.01. The Bertz CT molecular complexity index is 744. The fourth-order valence-corrected chi connectivity index (χ4v) is 1.82. The summed E-state index contributed by atoms with van der Waals surface area (Å²) >= 11 is 0. The highest BCUT2D eigenvalue weighted by Crippen LogP contribution is 2.25. The van der Waals surface area contributed by atoms with Crippen molar-refractivity contribution in [1.82, 2.24) is 0 Å². The lowest BCUT2D eigenvalue weighted by Crippen LogP contribution is -1.93. The van der Waals surface area contributed by atoms with E-state index in [0.717, 1.165) is 29.0 Å². The number of rotatable bonds is 7. The van der Waals surface area contributed by atoms with Crippen molar-refractivity contribution in [2.45, 2.75) is 13.3 Å². The van der Waals surface area contributed by atoms with Gasteiger partial charge in [-0.3, -0.25) is 0 Å². The first-order valence-corrected chi connectivity index (χ1v) is 7.23. The normalized spacial score (nSPS) is 11.0. The van der Waals surface area contributed by atoms with Gasteiger partial charge >= 0.3 is 5.97 Å². The smallest absolute Gasteiger partial charge is 0.335 e. The molecule has 2 aromatic rings. The molecule has 0 N–H and O–H groups in total. The van der Waals surface area contributed by atoms with E-state index in [2.05, 4.69) is 18.2 Å². The van der Waals surface area contributed by atoms with Crippen LogP contribution in [0.4, 0.5) is 0 Å². The van der Waals surface area contributed by atoms with Crippen molar-refractivity contribution in [2.75, 3.05) is 0 Å². The Morgan fingerprint density at radius 1 is 1.00 bits per heavy atom. The quantitative estimate of drug-likeness (QED) is 0.421. The summed E-state index contributed by atoms with van der Waals surface area (Å²) in [7, 11) is 0. The van der Waals surface area contributed by atoms with E-state index in [9.17, 15) is 4.79 Å². The van der Waals surface area contributed by atoms with E-state index in [1.165, 1.54) is 12.5 Å². The lowest BCUT2D eigenvalue weighted by atomic mass is 10.1. The second-order valence-electron chi connectivity index (χ2n) is 4.60. The number of hydrogen-bond acceptors (Lipinski definition) is 4. The van der Waals surface area contributed by atoms with Gasteiger partial charge in [-0.05, 0) is 47.5 Å². The van der Waals surface area contributed by atoms with Gasteiger partial charge in [-0.1, -0.05) is 25.6 Å². The molecule has 0 saturated carbocycles. The van der Waals surface area contributed by atoms with Gasteiger partial charge in [0.25, 0.3) is 0 Å². The van der Waals surface area contributed by atoms with E-state index in [4.69, 9.17) is 9.47 Å². The molecule has 0 bridgehead atoms. The summed E-state index contributed by atoms with van der Waals surface area (Å²) in [5.74, 6) is 0.892. The fourth-order valence-electron chi connectivity index (χ4n) is 1.82. The number of benzene rings is 2. The van der Waals surface area contributed by atoms with Gasteiger partial charge in [0, 0.05) is 6.08 Å². The molecule has 4 nitrogen and oxygen atoms in total. The van der Waals surface area contributed by atoms with Gasteiger partial charge in [-0.15, -0.1) is 0 Å². The van der Waals surface area contributed by atoms with Gasteiger partial charge < -0.3 is 14.2 Å². The van der Waals surface area contributed by atoms with Crippen LogP contribution in [0.15, 0.2) is 73.9 Å². The number of esters is 1. The van der Waals surface area contributed by atoms with Gasteiger partial charge in [0.1, 0.15) is 24.0 Å². The molecular weight excluding hydrogens is 292 g/mol. The third-order valence-corrected chi connectivity index (χ3v) is 2.93. The van der Waals surface area contributed by atoms with Crippen LogP contribution < -0.4 is 9.47 Å². The zero-order valence-electron chi connectivity index (χ0n) is 12.9. The summed E-state index contributed by atoms with van der Waals surface area (Å²) in [6.45, 7) is 5.35. The maximum atomic E-state index is 10.9. The first-order chi connectivity index (χ1) is 11.2. The van der Waals surface area contributed by atoms with Gasteiger partial charge in [0.2, 0.25) is 0 Å². The van der Waals surface area contributed by atoms with Crippen molar-refractivity contribution in [3.63, 3.8) is 0 Å². The zero-order chi connectivity index (χ0) is 16.5. The number of fused-ring (bicyclic) bond motifs is 1. The molecular formula is C19H18O4. The van der Waals surface area contributed by atoms with E-state index < -0.39 is 5.97 Å². The van der Waals surface area contributed by atoms with Crippen molar-refractivity contribution in [1.29, 1.82) is 0 Å². The zero-order valence-corrected chi connectivity index (χ0v) is 12.9. The summed E-state index contributed by atoms with van der Waals surface area (Å²) < 4.78 is 15.6. The number of allylic oxidation sites excluding steroid dienone is 1. The number of hydrogen-bond donors (Lipinski definition) is 0. The predicted octanol–water partition coefficient (Wildman–Crippen LogP) is 4.72. The van der Waals surface area contributed by atoms with Crippen molar-refractivity contribution in [2.24, 2.45) is 0 Å². The summed E-state index contributed by atoms with van der Waals surface area (Å²) in [6, 6.07) is 11.5. The SMILES string of the molecule is C=CC(=O)O/C=C\Oc1ccc2cc(O/C=C\CC)ccc2c1. The molecule has 4 heteroatoms. The molecule has 0 atom stereocenters. The minimum atomic E-state index is -0.534. The fraction of sp³-hybridized carbons (Fsp3) is 0.105. The second kappa shape index (κ2) is 8.44. The van der Waals surface area contributed by atoms with Crippen molar-refractivity contribution >= 4 is 16.7 Å². The molecule has 0 radical (unpaired) electrons. The molecule has 2 aromatic carbocycles. The van der Waals surface area contributed by atoms with Crippen molar-refractivity contribution < 1.29 is 19.0 Å². The summed E-state index contributed by atoms with van der Waals surface area (Å²) in [5, 5.41) is 2.06. The van der Waals surface area contributed by atoms with Crippen LogP contribution in [0.1, 0.15) is 13.3 Å². The van der Waals surface area contributed by atoms with Gasteiger partial charge in [0.05, 0.1) is 6.26 Å². The first kappa shape index (κ1) is 16.4. The molecule has 0 aliphatic carbocycles. The molecule has 0 aromatic heterocycles. The third kappa shape index (κ3) is 5.04. The monoisotopic (exact) mass is 310 g/mol.